The molecule has 0 unspecified atom stereocenters. The summed E-state index contributed by atoms with van der Waals surface area (Å²) in [6.45, 7) is 1.84. The van der Waals surface area contributed by atoms with Gasteiger partial charge in [-0.05, 0) is 37.3 Å². The number of amides is 1. The van der Waals surface area contributed by atoms with Crippen LogP contribution in [0.15, 0.2) is 53.3 Å². The first-order chi connectivity index (χ1) is 13.0. The number of carbonyl (C=O) groups excluding carboxylic acids is 1. The topological polar surface area (TPSA) is 73.0 Å². The Hall–Kier alpha value is -2.83. The van der Waals surface area contributed by atoms with Gasteiger partial charge in [0.1, 0.15) is 12.3 Å². The predicted octanol–water partition coefficient (Wildman–Crippen LogP) is 4.95. The molecule has 0 aliphatic heterocycles. The van der Waals surface area contributed by atoms with E-state index in [2.05, 4.69) is 15.4 Å². The fraction of sp³-hybridized carbons (Fsp3) is 0.105. The van der Waals surface area contributed by atoms with Crippen molar-refractivity contribution >= 4 is 45.8 Å². The third-order valence-corrected chi connectivity index (χ3v) is 4.75. The molecule has 136 valence electrons. The second-order valence-electron chi connectivity index (χ2n) is 5.92. The largest absolute Gasteiger partial charge is 0.464 e. The molecule has 6 nitrogen and oxygen atoms in total. The Morgan fingerprint density at radius 3 is 2.67 bits per heavy atom. The molecule has 3 aromatic heterocycles. The summed E-state index contributed by atoms with van der Waals surface area (Å²) in [5.74, 6) is 0.414. The molecule has 0 atom stereocenters. The van der Waals surface area contributed by atoms with Crippen LogP contribution in [0.3, 0.4) is 0 Å². The van der Waals surface area contributed by atoms with Gasteiger partial charge in [0.05, 0.1) is 33.1 Å². The molecule has 8 heteroatoms. The first kappa shape index (κ1) is 17.6. The summed E-state index contributed by atoms with van der Waals surface area (Å²) in [5.41, 5.74) is 2.61. The maximum atomic E-state index is 12.5. The van der Waals surface area contributed by atoms with Gasteiger partial charge < -0.3 is 9.73 Å². The van der Waals surface area contributed by atoms with Gasteiger partial charge in [-0.25, -0.2) is 9.67 Å². The number of pyridine rings is 1. The van der Waals surface area contributed by atoms with Crippen LogP contribution >= 0.6 is 23.2 Å². The van der Waals surface area contributed by atoms with Gasteiger partial charge in [-0.1, -0.05) is 29.3 Å². The minimum absolute atomic E-state index is 0.0273. The molecular formula is C19H14Cl2N4O2. The molecule has 0 bridgehead atoms. The average Bonchev–Trinajstić information content (AvgIpc) is 3.27. The number of nitrogens with zero attached hydrogens (tertiary/aromatic N) is 3. The van der Waals surface area contributed by atoms with Crippen LogP contribution in [0.4, 0.5) is 5.69 Å². The van der Waals surface area contributed by atoms with Crippen LogP contribution in [0, 0.1) is 6.92 Å². The number of rotatable bonds is 4. The van der Waals surface area contributed by atoms with Crippen LogP contribution in [-0.2, 0) is 11.3 Å². The van der Waals surface area contributed by atoms with E-state index in [1.807, 2.05) is 25.1 Å². The fourth-order valence-electron chi connectivity index (χ4n) is 2.96. The van der Waals surface area contributed by atoms with Crippen molar-refractivity contribution in [2.24, 2.45) is 0 Å². The highest BCUT2D eigenvalue weighted by Crippen LogP contribution is 2.31. The number of furan rings is 1. The van der Waals surface area contributed by atoms with Gasteiger partial charge in [-0.2, -0.15) is 5.10 Å². The van der Waals surface area contributed by atoms with Gasteiger partial charge in [0, 0.05) is 11.8 Å². The Bertz CT molecular complexity index is 1120. The standard InChI is InChI=1S/C19H14Cl2N4O2/c1-11-17-12(15-6-3-9-27-15)7-8-22-19(17)25(24-11)10-16(26)23-18-13(20)4-2-5-14(18)21/h2-9H,10H2,1H3,(H,23,26). The Balaban J connectivity index is 1.67. The normalized spacial score (nSPS) is 11.1. The molecule has 27 heavy (non-hydrogen) atoms. The zero-order valence-corrected chi connectivity index (χ0v) is 15.8. The van der Waals surface area contributed by atoms with Crippen LogP contribution in [0.2, 0.25) is 10.0 Å². The van der Waals surface area contributed by atoms with Crippen LogP contribution in [0.1, 0.15) is 5.69 Å². The van der Waals surface area contributed by atoms with Crippen molar-refractivity contribution in [3.05, 3.63) is 64.6 Å². The zero-order chi connectivity index (χ0) is 19.0. The summed E-state index contributed by atoms with van der Waals surface area (Å²) in [6, 6.07) is 10.6. The number of aromatic nitrogens is 3. The quantitative estimate of drug-likeness (QED) is 0.526. The van der Waals surface area contributed by atoms with Crippen molar-refractivity contribution in [2.45, 2.75) is 13.5 Å². The van der Waals surface area contributed by atoms with Gasteiger partial charge in [0.25, 0.3) is 0 Å². The summed E-state index contributed by atoms with van der Waals surface area (Å²) >= 11 is 12.2. The second kappa shape index (κ2) is 7.06. The van der Waals surface area contributed by atoms with E-state index < -0.39 is 0 Å². The molecule has 0 saturated heterocycles. The molecule has 1 amide bonds. The molecule has 1 aromatic carbocycles. The molecule has 1 N–H and O–H groups in total. The number of hydrogen-bond donors (Lipinski definition) is 1. The summed E-state index contributed by atoms with van der Waals surface area (Å²) in [4.78, 5) is 16.9. The number of para-hydroxylation sites is 1. The lowest BCUT2D eigenvalue weighted by Crippen LogP contribution is -2.20. The lowest BCUT2D eigenvalue weighted by molar-refractivity contribution is -0.116. The van der Waals surface area contributed by atoms with Crippen molar-refractivity contribution < 1.29 is 9.21 Å². The van der Waals surface area contributed by atoms with Gasteiger partial charge in [0.15, 0.2) is 5.65 Å². The van der Waals surface area contributed by atoms with Crippen molar-refractivity contribution in [1.82, 2.24) is 14.8 Å². The highest BCUT2D eigenvalue weighted by Gasteiger charge is 2.18. The smallest absolute Gasteiger partial charge is 0.246 e. The molecule has 0 spiro atoms. The number of nitrogens with one attached hydrogen (secondary N) is 1. The number of aryl methyl sites for hydroxylation is 1. The maximum absolute atomic E-state index is 12.5. The van der Waals surface area contributed by atoms with Crippen LogP contribution in [0.5, 0.6) is 0 Å². The number of benzene rings is 1. The van der Waals surface area contributed by atoms with Crippen molar-refractivity contribution in [2.75, 3.05) is 5.32 Å². The monoisotopic (exact) mass is 400 g/mol. The summed E-state index contributed by atoms with van der Waals surface area (Å²) in [5, 5.41) is 8.79. The maximum Gasteiger partial charge on any atom is 0.246 e. The number of fused-ring (bicyclic) bond motifs is 1. The number of halogens is 2. The lowest BCUT2D eigenvalue weighted by Gasteiger charge is -2.09. The van der Waals surface area contributed by atoms with Gasteiger partial charge in [-0.15, -0.1) is 0 Å². The Kier molecular flexibility index (Phi) is 4.59. The predicted molar refractivity (Wildman–Crippen MR) is 105 cm³/mol. The third kappa shape index (κ3) is 3.29. The van der Waals surface area contributed by atoms with E-state index >= 15 is 0 Å². The Morgan fingerprint density at radius 2 is 1.96 bits per heavy atom. The minimum Gasteiger partial charge on any atom is -0.464 e. The van der Waals surface area contributed by atoms with Crippen LogP contribution in [-0.4, -0.2) is 20.7 Å². The lowest BCUT2D eigenvalue weighted by atomic mass is 10.1. The molecule has 0 radical (unpaired) electrons. The van der Waals surface area contributed by atoms with E-state index in [0.29, 0.717) is 21.4 Å². The first-order valence-corrected chi connectivity index (χ1v) is 8.90. The fourth-order valence-corrected chi connectivity index (χ4v) is 3.45. The minimum atomic E-state index is -0.306. The molecular weight excluding hydrogens is 387 g/mol. The summed E-state index contributed by atoms with van der Waals surface area (Å²) in [7, 11) is 0. The van der Waals surface area contributed by atoms with Gasteiger partial charge in [0.2, 0.25) is 5.91 Å². The molecule has 0 aliphatic rings. The summed E-state index contributed by atoms with van der Waals surface area (Å²) in [6.07, 6.45) is 3.28. The number of hydrogen-bond acceptors (Lipinski definition) is 4. The molecule has 0 saturated carbocycles. The van der Waals surface area contributed by atoms with Crippen molar-refractivity contribution in [1.29, 1.82) is 0 Å². The molecule has 4 aromatic rings. The second-order valence-corrected chi connectivity index (χ2v) is 6.74. The molecule has 3 heterocycles. The molecule has 0 aliphatic carbocycles. The van der Waals surface area contributed by atoms with E-state index in [4.69, 9.17) is 27.6 Å². The van der Waals surface area contributed by atoms with Crippen LogP contribution in [0.25, 0.3) is 22.4 Å². The highest BCUT2D eigenvalue weighted by atomic mass is 35.5. The molecule has 0 fully saturated rings. The molecule has 4 rings (SSSR count). The van der Waals surface area contributed by atoms with E-state index in [1.54, 1.807) is 35.3 Å². The van der Waals surface area contributed by atoms with E-state index in [-0.39, 0.29) is 12.5 Å². The van der Waals surface area contributed by atoms with Crippen LogP contribution < -0.4 is 5.32 Å². The SMILES string of the molecule is Cc1nn(CC(=O)Nc2c(Cl)cccc2Cl)c2nccc(-c3ccco3)c12. The van der Waals surface area contributed by atoms with Gasteiger partial charge >= 0.3 is 0 Å². The zero-order valence-electron chi connectivity index (χ0n) is 14.2. The highest BCUT2D eigenvalue weighted by molar-refractivity contribution is 6.39. The average molecular weight is 401 g/mol. The third-order valence-electron chi connectivity index (χ3n) is 4.12. The Labute approximate surface area is 164 Å². The number of anilines is 1. The van der Waals surface area contributed by atoms with E-state index in [0.717, 1.165) is 22.4 Å². The van der Waals surface area contributed by atoms with E-state index in [9.17, 15) is 4.79 Å². The van der Waals surface area contributed by atoms with Gasteiger partial charge in [-0.3, -0.25) is 4.79 Å². The van der Waals surface area contributed by atoms with E-state index in [1.165, 1.54) is 0 Å². The first-order valence-electron chi connectivity index (χ1n) is 8.14. The summed E-state index contributed by atoms with van der Waals surface area (Å²) < 4.78 is 7.06. The van der Waals surface area contributed by atoms with Crippen molar-refractivity contribution in [3.63, 3.8) is 0 Å². The Morgan fingerprint density at radius 1 is 1.19 bits per heavy atom. The number of carbonyl (C=O) groups is 1. The van der Waals surface area contributed by atoms with Crippen molar-refractivity contribution in [3.8, 4) is 11.3 Å².